The molecule has 0 spiro atoms. The average molecular weight is 495 g/mol. The first kappa shape index (κ1) is 23.2. The monoisotopic (exact) mass is 493 g/mol. The maximum Gasteiger partial charge on any atom is 0.257 e. The molecule has 2 aromatic carbocycles. The van der Waals surface area contributed by atoms with Crippen molar-refractivity contribution in [3.8, 4) is 0 Å². The Morgan fingerprint density at radius 2 is 1.68 bits per heavy atom. The van der Waals surface area contributed by atoms with Crippen LogP contribution >= 0.6 is 34.8 Å². The minimum absolute atomic E-state index is 0.138. The van der Waals surface area contributed by atoms with E-state index in [1.165, 1.54) is 0 Å². The Kier molecular flexibility index (Phi) is 6.40. The second-order valence-electron chi connectivity index (χ2n) is 6.75. The van der Waals surface area contributed by atoms with E-state index in [4.69, 9.17) is 34.8 Å². The summed E-state index contributed by atoms with van der Waals surface area (Å²) in [6.07, 6.45) is 0.203. The molecule has 3 N–H and O–H groups in total. The molecule has 0 saturated heterocycles. The number of hydrogen-bond acceptors (Lipinski definition) is 3. The van der Waals surface area contributed by atoms with Crippen LogP contribution in [0.1, 0.15) is 23.7 Å². The van der Waals surface area contributed by atoms with Crippen molar-refractivity contribution >= 4 is 69.6 Å². The van der Waals surface area contributed by atoms with Crippen molar-refractivity contribution in [2.24, 2.45) is 5.92 Å². The number of rotatable bonds is 5. The zero-order valence-corrected chi connectivity index (χ0v) is 17.9. The lowest BCUT2D eigenvalue weighted by atomic mass is 10.1. The summed E-state index contributed by atoms with van der Waals surface area (Å²) in [6.45, 7) is 1.11. The van der Waals surface area contributed by atoms with Crippen LogP contribution in [0.3, 0.4) is 0 Å². The van der Waals surface area contributed by atoms with Crippen LogP contribution in [0.5, 0.6) is 0 Å². The molecule has 0 aliphatic heterocycles. The highest BCUT2D eigenvalue weighted by Gasteiger charge is 2.56. The van der Waals surface area contributed by atoms with E-state index in [0.29, 0.717) is 0 Å². The quantitative estimate of drug-likeness (QED) is 0.506. The molecule has 1 aliphatic rings. The lowest BCUT2D eigenvalue weighted by Gasteiger charge is -2.13. The first-order valence-corrected chi connectivity index (χ1v) is 9.78. The van der Waals surface area contributed by atoms with Crippen LogP contribution in [0.15, 0.2) is 24.3 Å². The minimum atomic E-state index is -1.25. The summed E-state index contributed by atoms with van der Waals surface area (Å²) < 4.78 is 41.6. The number of carbonyl (C=O) groups is 3. The summed E-state index contributed by atoms with van der Waals surface area (Å²) in [4.78, 5) is 35.8. The van der Waals surface area contributed by atoms with Crippen LogP contribution in [0.2, 0.25) is 5.02 Å². The van der Waals surface area contributed by atoms with Crippen molar-refractivity contribution in [2.75, 3.05) is 16.0 Å². The highest BCUT2D eigenvalue weighted by Crippen LogP contribution is 2.53. The normalized spacial score (nSPS) is 16.4. The third kappa shape index (κ3) is 5.06. The highest BCUT2D eigenvalue weighted by molar-refractivity contribution is 6.52. The zero-order valence-electron chi connectivity index (χ0n) is 15.6. The van der Waals surface area contributed by atoms with Gasteiger partial charge in [0.1, 0.15) is 21.7 Å². The maximum absolute atomic E-state index is 14.5. The smallest absolute Gasteiger partial charge is 0.257 e. The van der Waals surface area contributed by atoms with Crippen molar-refractivity contribution < 1.29 is 27.6 Å². The molecular formula is C19H13Cl3F3N3O3. The minimum Gasteiger partial charge on any atom is -0.326 e. The summed E-state index contributed by atoms with van der Waals surface area (Å²) in [5, 5.41) is 5.82. The van der Waals surface area contributed by atoms with Gasteiger partial charge in [-0.2, -0.15) is 0 Å². The molecule has 1 aliphatic carbocycles. The Balaban J connectivity index is 1.87. The van der Waals surface area contributed by atoms with Gasteiger partial charge in [0.2, 0.25) is 11.8 Å². The predicted octanol–water partition coefficient (Wildman–Crippen LogP) is 5.10. The van der Waals surface area contributed by atoms with Crippen molar-refractivity contribution in [3.63, 3.8) is 0 Å². The molecule has 0 unspecified atom stereocenters. The number of anilines is 3. The molecular weight excluding hydrogens is 482 g/mol. The molecule has 2 aromatic rings. The number of nitrogens with one attached hydrogen (secondary N) is 3. The van der Waals surface area contributed by atoms with Crippen molar-refractivity contribution in [1.82, 2.24) is 0 Å². The molecule has 164 valence electrons. The first-order chi connectivity index (χ1) is 14.4. The van der Waals surface area contributed by atoms with E-state index in [9.17, 15) is 27.6 Å². The van der Waals surface area contributed by atoms with Crippen LogP contribution in [0, 0.1) is 23.4 Å². The van der Waals surface area contributed by atoms with E-state index in [0.717, 1.165) is 31.2 Å². The Morgan fingerprint density at radius 3 is 2.26 bits per heavy atom. The van der Waals surface area contributed by atoms with E-state index in [1.54, 1.807) is 0 Å². The topological polar surface area (TPSA) is 87.3 Å². The van der Waals surface area contributed by atoms with E-state index in [1.807, 2.05) is 5.32 Å². The van der Waals surface area contributed by atoms with Crippen LogP contribution in [0.4, 0.5) is 30.2 Å². The van der Waals surface area contributed by atoms with Gasteiger partial charge in [-0.05, 0) is 30.7 Å². The average Bonchev–Trinajstić information content (AvgIpc) is 3.32. The zero-order chi connectivity index (χ0) is 23.1. The standard InChI is InChI=1S/C19H13Cl3F3N3O3/c1-7(29)26-13-3-2-11(23)16(15(13)25)28-17(30)9-4-8(5-12(24)14(9)20)27-18(31)10-6-19(10,21)22/h2-5,10H,6H2,1H3,(H,26,29)(H,27,31)(H,28,30)/t10-/m1/s1. The number of alkyl halides is 2. The SMILES string of the molecule is CC(=O)Nc1ccc(F)c(NC(=O)c2cc(NC(=O)[C@H]3CC3(Cl)Cl)cc(F)c2Cl)c1F. The second-order valence-corrected chi connectivity index (χ2v) is 8.67. The molecule has 1 atom stereocenters. The number of hydrogen-bond donors (Lipinski definition) is 3. The molecule has 0 heterocycles. The highest BCUT2D eigenvalue weighted by atomic mass is 35.5. The second kappa shape index (κ2) is 8.57. The van der Waals surface area contributed by atoms with Crippen LogP contribution in [-0.4, -0.2) is 22.1 Å². The summed E-state index contributed by atoms with van der Waals surface area (Å²) in [7, 11) is 0. The summed E-state index contributed by atoms with van der Waals surface area (Å²) >= 11 is 17.5. The predicted molar refractivity (Wildman–Crippen MR) is 111 cm³/mol. The molecule has 0 bridgehead atoms. The Hall–Kier alpha value is -2.49. The Morgan fingerprint density at radius 1 is 1.03 bits per heavy atom. The molecule has 1 saturated carbocycles. The number of halogens is 6. The van der Waals surface area contributed by atoms with Gasteiger partial charge in [-0.15, -0.1) is 23.2 Å². The number of amides is 3. The largest absolute Gasteiger partial charge is 0.326 e. The molecule has 6 nitrogen and oxygen atoms in total. The van der Waals surface area contributed by atoms with Gasteiger partial charge in [0.15, 0.2) is 5.82 Å². The van der Waals surface area contributed by atoms with Crippen LogP contribution in [0.25, 0.3) is 0 Å². The van der Waals surface area contributed by atoms with Crippen molar-refractivity contribution in [3.05, 3.63) is 52.3 Å². The van der Waals surface area contributed by atoms with E-state index in [-0.39, 0.29) is 17.8 Å². The van der Waals surface area contributed by atoms with Gasteiger partial charge in [-0.1, -0.05) is 11.6 Å². The van der Waals surface area contributed by atoms with Gasteiger partial charge >= 0.3 is 0 Å². The van der Waals surface area contributed by atoms with Crippen LogP contribution < -0.4 is 16.0 Å². The van der Waals surface area contributed by atoms with E-state index in [2.05, 4.69) is 10.6 Å². The number of benzene rings is 2. The van der Waals surface area contributed by atoms with E-state index < -0.39 is 61.7 Å². The fraction of sp³-hybridized carbons (Fsp3) is 0.211. The van der Waals surface area contributed by atoms with Gasteiger partial charge in [-0.3, -0.25) is 14.4 Å². The fourth-order valence-corrected chi connectivity index (χ4v) is 3.39. The molecule has 31 heavy (non-hydrogen) atoms. The third-order valence-electron chi connectivity index (χ3n) is 4.32. The Labute approximate surface area is 189 Å². The maximum atomic E-state index is 14.5. The van der Waals surface area contributed by atoms with Gasteiger partial charge in [-0.25, -0.2) is 13.2 Å². The Bertz CT molecular complexity index is 1110. The van der Waals surface area contributed by atoms with Gasteiger partial charge in [0.05, 0.1) is 22.2 Å². The van der Waals surface area contributed by atoms with Gasteiger partial charge in [0, 0.05) is 12.6 Å². The van der Waals surface area contributed by atoms with Crippen LogP contribution in [-0.2, 0) is 9.59 Å². The lowest BCUT2D eigenvalue weighted by Crippen LogP contribution is -2.19. The molecule has 1 fully saturated rings. The third-order valence-corrected chi connectivity index (χ3v) is 5.54. The van der Waals surface area contributed by atoms with Gasteiger partial charge in [0.25, 0.3) is 5.91 Å². The van der Waals surface area contributed by atoms with Crippen molar-refractivity contribution in [1.29, 1.82) is 0 Å². The fourth-order valence-electron chi connectivity index (χ4n) is 2.69. The molecule has 12 heteroatoms. The van der Waals surface area contributed by atoms with E-state index >= 15 is 0 Å². The van der Waals surface area contributed by atoms with Crippen molar-refractivity contribution in [2.45, 2.75) is 17.7 Å². The molecule has 3 amide bonds. The molecule has 0 radical (unpaired) electrons. The lowest BCUT2D eigenvalue weighted by molar-refractivity contribution is -0.117. The molecule has 3 rings (SSSR count). The number of carbonyl (C=O) groups excluding carboxylic acids is 3. The first-order valence-electron chi connectivity index (χ1n) is 8.65. The molecule has 0 aromatic heterocycles. The summed E-state index contributed by atoms with van der Waals surface area (Å²) in [5.74, 6) is -6.55. The summed E-state index contributed by atoms with van der Waals surface area (Å²) in [6, 6.07) is 3.68. The van der Waals surface area contributed by atoms with Gasteiger partial charge < -0.3 is 16.0 Å². The summed E-state index contributed by atoms with van der Waals surface area (Å²) in [5.41, 5.74) is -1.90.